The van der Waals surface area contributed by atoms with Crippen LogP contribution in [0.2, 0.25) is 0 Å². The molecule has 2 aromatic carbocycles. The summed E-state index contributed by atoms with van der Waals surface area (Å²) in [5.74, 6) is -0.119. The molecule has 0 aliphatic heterocycles. The van der Waals surface area contributed by atoms with E-state index in [-0.39, 0.29) is 18.0 Å². The van der Waals surface area contributed by atoms with E-state index in [1.54, 1.807) is 0 Å². The second kappa shape index (κ2) is 9.64. The number of carbonyl (C=O) groups is 2. The molecule has 1 aliphatic rings. The van der Waals surface area contributed by atoms with Gasteiger partial charge >= 0.3 is 6.03 Å². The lowest BCUT2D eigenvalue weighted by atomic mass is 10.1. The minimum atomic E-state index is -0.239. The van der Waals surface area contributed by atoms with Crippen LogP contribution in [0.1, 0.15) is 51.1 Å². The van der Waals surface area contributed by atoms with E-state index >= 15 is 0 Å². The summed E-state index contributed by atoms with van der Waals surface area (Å²) >= 11 is 1.86. The molecule has 5 nitrogen and oxygen atoms in total. The summed E-state index contributed by atoms with van der Waals surface area (Å²) in [6.45, 7) is 3.40. The number of anilines is 2. The fourth-order valence-electron chi connectivity index (χ4n) is 3.39. The topological polar surface area (TPSA) is 70.2 Å². The van der Waals surface area contributed by atoms with Crippen molar-refractivity contribution in [3.05, 3.63) is 54.1 Å². The first kappa shape index (κ1) is 20.3. The average molecular weight is 398 g/mol. The first-order valence-electron chi connectivity index (χ1n) is 9.72. The lowest BCUT2D eigenvalue weighted by Gasteiger charge is -2.18. The lowest BCUT2D eigenvalue weighted by molar-refractivity contribution is -0.114. The molecule has 0 heterocycles. The van der Waals surface area contributed by atoms with Crippen molar-refractivity contribution < 1.29 is 9.59 Å². The van der Waals surface area contributed by atoms with Gasteiger partial charge < -0.3 is 16.0 Å². The zero-order valence-electron chi connectivity index (χ0n) is 16.3. The van der Waals surface area contributed by atoms with Gasteiger partial charge in [-0.3, -0.25) is 4.79 Å². The molecule has 3 rings (SSSR count). The normalized spacial score (nSPS) is 15.1. The number of rotatable bonds is 6. The standard InChI is InChI=1S/C22H27N3O2S/c1-15(17-8-7-9-18(14-17)24-16(2)26)23-22(27)25-20-12-5-6-13-21(20)28-19-10-3-4-11-19/h5-9,12-15,19H,3-4,10-11H2,1-2H3,(H,24,26)(H2,23,25,27). The van der Waals surface area contributed by atoms with Crippen molar-refractivity contribution in [1.29, 1.82) is 0 Å². The molecule has 6 heteroatoms. The molecule has 28 heavy (non-hydrogen) atoms. The number of hydrogen-bond donors (Lipinski definition) is 3. The van der Waals surface area contributed by atoms with Gasteiger partial charge in [0.25, 0.3) is 0 Å². The van der Waals surface area contributed by atoms with Crippen LogP contribution in [-0.4, -0.2) is 17.2 Å². The van der Waals surface area contributed by atoms with E-state index in [0.29, 0.717) is 5.25 Å². The van der Waals surface area contributed by atoms with Gasteiger partial charge in [0.05, 0.1) is 11.7 Å². The number of amides is 3. The molecular weight excluding hydrogens is 370 g/mol. The number of hydrogen-bond acceptors (Lipinski definition) is 3. The molecule has 3 amide bonds. The number of benzene rings is 2. The van der Waals surface area contributed by atoms with E-state index in [1.165, 1.54) is 32.6 Å². The summed E-state index contributed by atoms with van der Waals surface area (Å²) in [7, 11) is 0. The Labute approximate surface area is 170 Å². The third kappa shape index (κ3) is 5.76. The highest BCUT2D eigenvalue weighted by atomic mass is 32.2. The zero-order valence-corrected chi connectivity index (χ0v) is 17.1. The molecule has 1 unspecified atom stereocenters. The van der Waals surface area contributed by atoms with Crippen LogP contribution >= 0.6 is 11.8 Å². The number of thioether (sulfide) groups is 1. The SMILES string of the molecule is CC(=O)Nc1cccc(C(C)NC(=O)Nc2ccccc2SC2CCCC2)c1. The molecule has 0 saturated heterocycles. The summed E-state index contributed by atoms with van der Waals surface area (Å²) in [6, 6.07) is 15.0. The fraction of sp³-hybridized carbons (Fsp3) is 0.364. The van der Waals surface area contributed by atoms with Crippen molar-refractivity contribution in [2.45, 2.75) is 55.7 Å². The number of para-hydroxylation sites is 1. The molecule has 0 bridgehead atoms. The van der Waals surface area contributed by atoms with Gasteiger partial charge in [-0.25, -0.2) is 4.79 Å². The van der Waals surface area contributed by atoms with Gasteiger partial charge in [-0.05, 0) is 49.6 Å². The Hall–Kier alpha value is -2.47. The van der Waals surface area contributed by atoms with E-state index in [0.717, 1.165) is 21.8 Å². The van der Waals surface area contributed by atoms with Crippen molar-refractivity contribution in [2.24, 2.45) is 0 Å². The van der Waals surface area contributed by atoms with Crippen LogP contribution in [0.5, 0.6) is 0 Å². The Morgan fingerprint density at radius 1 is 1.04 bits per heavy atom. The van der Waals surface area contributed by atoms with E-state index in [2.05, 4.69) is 22.0 Å². The van der Waals surface area contributed by atoms with E-state index in [9.17, 15) is 9.59 Å². The van der Waals surface area contributed by atoms with Crippen LogP contribution in [0.4, 0.5) is 16.2 Å². The number of nitrogens with one attached hydrogen (secondary N) is 3. The first-order chi connectivity index (χ1) is 13.5. The largest absolute Gasteiger partial charge is 0.331 e. The van der Waals surface area contributed by atoms with Gasteiger partial charge in [-0.2, -0.15) is 0 Å². The minimum absolute atomic E-state index is 0.119. The zero-order chi connectivity index (χ0) is 19.9. The van der Waals surface area contributed by atoms with Gasteiger partial charge in [0.15, 0.2) is 0 Å². The van der Waals surface area contributed by atoms with Gasteiger partial charge in [-0.15, -0.1) is 11.8 Å². The third-order valence-electron chi connectivity index (χ3n) is 4.79. The van der Waals surface area contributed by atoms with Crippen LogP contribution in [0.15, 0.2) is 53.4 Å². The molecular formula is C22H27N3O2S. The summed E-state index contributed by atoms with van der Waals surface area (Å²) in [6.07, 6.45) is 5.07. The number of urea groups is 1. The second-order valence-electron chi connectivity index (χ2n) is 7.15. The Morgan fingerprint density at radius 3 is 2.54 bits per heavy atom. The van der Waals surface area contributed by atoms with Crippen molar-refractivity contribution >= 4 is 35.1 Å². The predicted octanol–water partition coefficient (Wildman–Crippen LogP) is 5.56. The fourth-order valence-corrected chi connectivity index (χ4v) is 4.72. The maximum atomic E-state index is 12.5. The smallest absolute Gasteiger partial charge is 0.319 e. The molecule has 1 fully saturated rings. The molecule has 1 saturated carbocycles. The Morgan fingerprint density at radius 2 is 1.79 bits per heavy atom. The summed E-state index contributed by atoms with van der Waals surface area (Å²) in [4.78, 5) is 24.9. The minimum Gasteiger partial charge on any atom is -0.331 e. The Kier molecular flexibility index (Phi) is 6.98. The first-order valence-corrected chi connectivity index (χ1v) is 10.6. The third-order valence-corrected chi connectivity index (χ3v) is 6.20. The molecule has 2 aromatic rings. The van der Waals surface area contributed by atoms with Crippen molar-refractivity contribution in [3.63, 3.8) is 0 Å². The highest BCUT2D eigenvalue weighted by Gasteiger charge is 2.18. The maximum Gasteiger partial charge on any atom is 0.319 e. The van der Waals surface area contributed by atoms with Crippen molar-refractivity contribution in [1.82, 2.24) is 5.32 Å². The maximum absolute atomic E-state index is 12.5. The molecule has 3 N–H and O–H groups in total. The molecule has 0 aromatic heterocycles. The Bertz CT molecular complexity index is 834. The summed E-state index contributed by atoms with van der Waals surface area (Å²) in [5.41, 5.74) is 2.49. The predicted molar refractivity (Wildman–Crippen MR) is 116 cm³/mol. The van der Waals surface area contributed by atoms with Gasteiger partial charge in [0.2, 0.25) is 5.91 Å². The van der Waals surface area contributed by atoms with Crippen LogP contribution in [-0.2, 0) is 4.79 Å². The molecule has 0 radical (unpaired) electrons. The highest BCUT2D eigenvalue weighted by molar-refractivity contribution is 8.00. The van der Waals surface area contributed by atoms with Gasteiger partial charge in [0.1, 0.15) is 0 Å². The lowest BCUT2D eigenvalue weighted by Crippen LogP contribution is -2.31. The Balaban J connectivity index is 1.61. The van der Waals surface area contributed by atoms with Crippen LogP contribution in [0, 0.1) is 0 Å². The van der Waals surface area contributed by atoms with Gasteiger partial charge in [0, 0.05) is 22.8 Å². The van der Waals surface area contributed by atoms with E-state index < -0.39 is 0 Å². The molecule has 148 valence electrons. The quantitative estimate of drug-likeness (QED) is 0.597. The second-order valence-corrected chi connectivity index (χ2v) is 8.49. The highest BCUT2D eigenvalue weighted by Crippen LogP contribution is 2.38. The summed E-state index contributed by atoms with van der Waals surface area (Å²) in [5, 5.41) is 9.37. The number of carbonyl (C=O) groups excluding carboxylic acids is 2. The van der Waals surface area contributed by atoms with Gasteiger partial charge in [-0.1, -0.05) is 37.1 Å². The average Bonchev–Trinajstić information content (AvgIpc) is 3.16. The monoisotopic (exact) mass is 397 g/mol. The van der Waals surface area contributed by atoms with Crippen molar-refractivity contribution in [3.8, 4) is 0 Å². The van der Waals surface area contributed by atoms with Crippen molar-refractivity contribution in [2.75, 3.05) is 10.6 Å². The van der Waals surface area contributed by atoms with Crippen LogP contribution < -0.4 is 16.0 Å². The van der Waals surface area contributed by atoms with E-state index in [1.807, 2.05) is 61.2 Å². The van der Waals surface area contributed by atoms with E-state index in [4.69, 9.17) is 0 Å². The van der Waals surface area contributed by atoms with Crippen LogP contribution in [0.3, 0.4) is 0 Å². The molecule has 0 spiro atoms. The molecule has 1 atom stereocenters. The molecule has 1 aliphatic carbocycles. The summed E-state index contributed by atoms with van der Waals surface area (Å²) < 4.78 is 0. The van der Waals surface area contributed by atoms with Crippen LogP contribution in [0.25, 0.3) is 0 Å².